The first kappa shape index (κ1) is 11.9. The van der Waals surface area contributed by atoms with Crippen molar-refractivity contribution >= 4 is 9.52 Å². The minimum Gasteiger partial charge on any atom is -0.304 e. The molecule has 0 bridgehead atoms. The zero-order valence-electron chi connectivity index (χ0n) is 9.06. The van der Waals surface area contributed by atoms with E-state index < -0.39 is 0 Å². The molecular formula is C10H23NSi. The van der Waals surface area contributed by atoms with Gasteiger partial charge in [-0.2, -0.15) is 0 Å². The molecule has 12 heavy (non-hydrogen) atoms. The van der Waals surface area contributed by atoms with Crippen LogP contribution in [0.25, 0.3) is 0 Å². The molecule has 0 amide bonds. The molecule has 72 valence electrons. The molecule has 0 N–H and O–H groups in total. The zero-order chi connectivity index (χ0) is 9.61. The fourth-order valence-electron chi connectivity index (χ4n) is 1.51. The number of hydrogen-bond acceptors (Lipinski definition) is 1. The van der Waals surface area contributed by atoms with E-state index in [1.807, 2.05) is 0 Å². The summed E-state index contributed by atoms with van der Waals surface area (Å²) in [5, 5.41) is 0.522. The minimum atomic E-state index is -0.0896. The van der Waals surface area contributed by atoms with Gasteiger partial charge >= 0.3 is 0 Å². The lowest BCUT2D eigenvalue weighted by molar-refractivity contribution is 0.275. The Labute approximate surface area is 79.7 Å². The fraction of sp³-hybridized carbons (Fsp3) is 0.800. The quantitative estimate of drug-likeness (QED) is 0.571. The molecule has 0 aliphatic heterocycles. The van der Waals surface area contributed by atoms with E-state index in [0.717, 1.165) is 0 Å². The van der Waals surface area contributed by atoms with E-state index in [1.165, 1.54) is 19.6 Å². The molecule has 0 spiro atoms. The maximum Gasteiger partial charge on any atom is 0.0518 e. The van der Waals surface area contributed by atoms with Crippen LogP contribution in [0, 0.1) is 0 Å². The summed E-state index contributed by atoms with van der Waals surface area (Å²) in [6, 6.07) is 0. The van der Waals surface area contributed by atoms with E-state index in [1.54, 1.807) is 0 Å². The molecule has 0 saturated heterocycles. The highest BCUT2D eigenvalue weighted by molar-refractivity contribution is 6.45. The molecule has 0 unspecified atom stereocenters. The van der Waals surface area contributed by atoms with Crippen LogP contribution in [0.4, 0.5) is 0 Å². The Balaban J connectivity index is 3.92. The van der Waals surface area contributed by atoms with Crippen molar-refractivity contribution in [3.63, 3.8) is 0 Å². The van der Waals surface area contributed by atoms with Crippen LogP contribution >= 0.6 is 0 Å². The topological polar surface area (TPSA) is 3.24 Å². The molecule has 0 aromatic heterocycles. The van der Waals surface area contributed by atoms with Crippen molar-refractivity contribution in [2.45, 2.75) is 32.7 Å². The largest absolute Gasteiger partial charge is 0.304 e. The van der Waals surface area contributed by atoms with Crippen LogP contribution in [0.5, 0.6) is 0 Å². The Morgan fingerprint density at radius 1 is 1.33 bits per heavy atom. The monoisotopic (exact) mass is 185 g/mol. The van der Waals surface area contributed by atoms with E-state index in [2.05, 4.69) is 44.9 Å². The molecule has 0 atom stereocenters. The Morgan fingerprint density at radius 2 is 1.83 bits per heavy atom. The first-order chi connectivity index (χ1) is 5.55. The van der Waals surface area contributed by atoms with Gasteiger partial charge in [0.15, 0.2) is 0 Å². The Bertz CT molecular complexity index is 128. The lowest BCUT2D eigenvalue weighted by atomic mass is 10.2. The van der Waals surface area contributed by atoms with Crippen molar-refractivity contribution in [3.05, 3.63) is 12.3 Å². The normalized spacial score (nSPS) is 13.1. The summed E-state index contributed by atoms with van der Waals surface area (Å²) in [5.41, 5.74) is 2.16. The van der Waals surface area contributed by atoms with E-state index in [4.69, 9.17) is 0 Å². The van der Waals surface area contributed by atoms with Crippen LogP contribution < -0.4 is 0 Å². The van der Waals surface area contributed by atoms with Crippen LogP contribution in [0.3, 0.4) is 0 Å². The third-order valence-corrected chi connectivity index (χ3v) is 3.86. The highest BCUT2D eigenvalue weighted by Crippen LogP contribution is 2.23. The van der Waals surface area contributed by atoms with Gasteiger partial charge in [0.05, 0.1) is 9.52 Å². The van der Waals surface area contributed by atoms with Gasteiger partial charge in [-0.1, -0.05) is 27.7 Å². The first-order valence-corrected chi connectivity index (χ1v) is 6.41. The van der Waals surface area contributed by atoms with Gasteiger partial charge in [0.25, 0.3) is 0 Å². The second-order valence-electron chi connectivity index (χ2n) is 4.12. The van der Waals surface area contributed by atoms with Crippen molar-refractivity contribution in [2.75, 3.05) is 19.6 Å². The van der Waals surface area contributed by atoms with Gasteiger partial charge in [-0.3, -0.25) is 0 Å². The van der Waals surface area contributed by atoms with Crippen LogP contribution in [-0.2, 0) is 0 Å². The SMILES string of the molecule is C=C[SiH2]C(C)(C)CN(CC)CC. The van der Waals surface area contributed by atoms with Gasteiger partial charge in [0.2, 0.25) is 0 Å². The lowest BCUT2D eigenvalue weighted by Crippen LogP contribution is -2.32. The molecule has 0 saturated carbocycles. The molecule has 0 heterocycles. The van der Waals surface area contributed by atoms with Gasteiger partial charge in [0, 0.05) is 6.54 Å². The van der Waals surface area contributed by atoms with Crippen molar-refractivity contribution in [1.29, 1.82) is 0 Å². The molecule has 0 aliphatic rings. The van der Waals surface area contributed by atoms with Crippen LogP contribution in [0.1, 0.15) is 27.7 Å². The Morgan fingerprint density at radius 3 is 2.17 bits per heavy atom. The molecular weight excluding hydrogens is 162 g/mol. The summed E-state index contributed by atoms with van der Waals surface area (Å²) < 4.78 is 0. The van der Waals surface area contributed by atoms with Crippen molar-refractivity contribution in [2.24, 2.45) is 0 Å². The maximum atomic E-state index is 3.85. The van der Waals surface area contributed by atoms with Crippen LogP contribution in [0.2, 0.25) is 5.04 Å². The average Bonchev–Trinajstić information content (AvgIpc) is 2.00. The summed E-state index contributed by atoms with van der Waals surface area (Å²) >= 11 is 0. The molecule has 2 heteroatoms. The zero-order valence-corrected chi connectivity index (χ0v) is 10.5. The van der Waals surface area contributed by atoms with Gasteiger partial charge in [-0.25, -0.2) is 0 Å². The Hall–Kier alpha value is -0.0831. The van der Waals surface area contributed by atoms with Gasteiger partial charge in [-0.15, -0.1) is 12.3 Å². The molecule has 0 radical (unpaired) electrons. The smallest absolute Gasteiger partial charge is 0.0518 e. The lowest BCUT2D eigenvalue weighted by Gasteiger charge is -2.30. The molecule has 0 fully saturated rings. The molecule has 0 aliphatic carbocycles. The summed E-state index contributed by atoms with van der Waals surface area (Å²) in [5.74, 6) is 0. The molecule has 1 nitrogen and oxygen atoms in total. The third kappa shape index (κ3) is 4.73. The predicted molar refractivity (Wildman–Crippen MR) is 60.6 cm³/mol. The standard InChI is InChI=1S/C10H23NSi/c1-6-11(7-2)9-10(4,5)12-8-3/h8H,3,6-7,9,12H2,1-2,4-5H3. The first-order valence-electron chi connectivity index (χ1n) is 4.89. The van der Waals surface area contributed by atoms with Crippen LogP contribution in [-0.4, -0.2) is 34.1 Å². The van der Waals surface area contributed by atoms with Crippen molar-refractivity contribution < 1.29 is 0 Å². The van der Waals surface area contributed by atoms with E-state index in [-0.39, 0.29) is 9.52 Å². The average molecular weight is 185 g/mol. The highest BCUT2D eigenvalue weighted by Gasteiger charge is 2.18. The summed E-state index contributed by atoms with van der Waals surface area (Å²) in [7, 11) is -0.0896. The van der Waals surface area contributed by atoms with Gasteiger partial charge < -0.3 is 4.90 Å². The molecule has 0 rings (SSSR count). The Kier molecular flexibility index (Phi) is 5.50. The van der Waals surface area contributed by atoms with Gasteiger partial charge in [0.1, 0.15) is 0 Å². The van der Waals surface area contributed by atoms with Crippen LogP contribution in [0.15, 0.2) is 12.3 Å². The van der Waals surface area contributed by atoms with Crippen molar-refractivity contribution in [1.82, 2.24) is 4.90 Å². The number of rotatable bonds is 6. The second-order valence-corrected chi connectivity index (χ2v) is 7.02. The number of nitrogens with zero attached hydrogens (tertiary/aromatic N) is 1. The van der Waals surface area contributed by atoms with E-state index in [9.17, 15) is 0 Å². The van der Waals surface area contributed by atoms with Crippen molar-refractivity contribution in [3.8, 4) is 0 Å². The summed E-state index contributed by atoms with van der Waals surface area (Å²) in [6.07, 6.45) is 0. The molecule has 0 aromatic carbocycles. The summed E-state index contributed by atoms with van der Waals surface area (Å²) in [6.45, 7) is 16.6. The second kappa shape index (κ2) is 5.54. The maximum absolute atomic E-state index is 3.85. The minimum absolute atomic E-state index is 0.0896. The number of hydrogen-bond donors (Lipinski definition) is 0. The van der Waals surface area contributed by atoms with Gasteiger partial charge in [-0.05, 0) is 18.1 Å². The molecule has 0 aromatic rings. The van der Waals surface area contributed by atoms with E-state index in [0.29, 0.717) is 5.04 Å². The third-order valence-electron chi connectivity index (χ3n) is 2.24. The van der Waals surface area contributed by atoms with E-state index >= 15 is 0 Å². The predicted octanol–water partition coefficient (Wildman–Crippen LogP) is 1.84. The fourth-order valence-corrected chi connectivity index (χ4v) is 2.73. The summed E-state index contributed by atoms with van der Waals surface area (Å²) in [4.78, 5) is 2.50. The highest BCUT2D eigenvalue weighted by atomic mass is 28.2.